The maximum atomic E-state index is 13.0. The Morgan fingerprint density at radius 1 is 1.19 bits per heavy atom. The molecular formula is C20H35N5O. The summed E-state index contributed by atoms with van der Waals surface area (Å²) in [5, 5.41) is 9.68. The average molecular weight is 362 g/mol. The number of likely N-dealkylation sites (tertiary alicyclic amines) is 2. The molecule has 0 saturated carbocycles. The molecule has 0 bridgehead atoms. The van der Waals surface area contributed by atoms with Crippen molar-refractivity contribution in [1.82, 2.24) is 14.7 Å². The average Bonchev–Trinajstić information content (AvgIpc) is 2.52. The zero-order chi connectivity index (χ0) is 19.7. The van der Waals surface area contributed by atoms with E-state index < -0.39 is 0 Å². The molecular weight excluding hydrogens is 326 g/mol. The highest BCUT2D eigenvalue weighted by molar-refractivity contribution is 5.97. The summed E-state index contributed by atoms with van der Waals surface area (Å²) in [5.74, 6) is -0.177. The van der Waals surface area contributed by atoms with Crippen molar-refractivity contribution in [3.05, 3.63) is 11.8 Å². The summed E-state index contributed by atoms with van der Waals surface area (Å²) in [5.41, 5.74) is 6.05. The van der Waals surface area contributed by atoms with Crippen LogP contribution in [0.5, 0.6) is 0 Å². The van der Waals surface area contributed by atoms with E-state index in [1.807, 2.05) is 7.05 Å². The maximum Gasteiger partial charge on any atom is 0.265 e. The van der Waals surface area contributed by atoms with Crippen molar-refractivity contribution in [2.24, 2.45) is 5.73 Å². The van der Waals surface area contributed by atoms with Crippen LogP contribution >= 0.6 is 0 Å². The van der Waals surface area contributed by atoms with Crippen molar-refractivity contribution in [1.29, 1.82) is 5.26 Å². The second kappa shape index (κ2) is 7.58. The number of nitriles is 1. The molecule has 0 radical (unpaired) electrons. The molecule has 2 heterocycles. The van der Waals surface area contributed by atoms with E-state index in [1.54, 1.807) is 11.1 Å². The Morgan fingerprint density at radius 2 is 1.69 bits per heavy atom. The lowest BCUT2D eigenvalue weighted by molar-refractivity contribution is -0.128. The van der Waals surface area contributed by atoms with Gasteiger partial charge in [0.2, 0.25) is 0 Å². The summed E-state index contributed by atoms with van der Waals surface area (Å²) in [7, 11) is 3.93. The van der Waals surface area contributed by atoms with E-state index in [0.29, 0.717) is 0 Å². The van der Waals surface area contributed by atoms with Crippen molar-refractivity contribution < 1.29 is 4.79 Å². The number of carbonyl (C=O) groups is 1. The van der Waals surface area contributed by atoms with E-state index in [2.05, 4.69) is 50.6 Å². The molecule has 0 atom stereocenters. The lowest BCUT2D eigenvalue weighted by Gasteiger charge is -2.54. The first-order chi connectivity index (χ1) is 12.0. The molecule has 0 aromatic carbocycles. The smallest absolute Gasteiger partial charge is 0.265 e. The highest BCUT2D eigenvalue weighted by atomic mass is 16.2. The second-order valence-corrected chi connectivity index (χ2v) is 9.27. The van der Waals surface area contributed by atoms with E-state index in [0.717, 1.165) is 38.8 Å². The van der Waals surface area contributed by atoms with Gasteiger partial charge in [-0.25, -0.2) is 0 Å². The quantitative estimate of drug-likeness (QED) is 0.614. The van der Waals surface area contributed by atoms with Gasteiger partial charge >= 0.3 is 0 Å². The van der Waals surface area contributed by atoms with E-state index >= 15 is 0 Å². The maximum absolute atomic E-state index is 13.0. The first-order valence-corrected chi connectivity index (χ1v) is 9.60. The largest absolute Gasteiger partial charge is 0.366 e. The predicted molar refractivity (Wildman–Crippen MR) is 104 cm³/mol. The van der Waals surface area contributed by atoms with Crippen molar-refractivity contribution in [2.75, 3.05) is 27.2 Å². The SMILES string of the molecule is CN1CCC(N(C)C(=O)/C(C#N)=C\N2C(C)(C)CC(N)CC2(C)C)CC1. The van der Waals surface area contributed by atoms with E-state index in [9.17, 15) is 10.1 Å². The molecule has 2 fully saturated rings. The fourth-order valence-corrected chi connectivity index (χ4v) is 4.72. The van der Waals surface area contributed by atoms with Crippen LogP contribution < -0.4 is 5.73 Å². The molecule has 0 aromatic rings. The molecule has 1 amide bonds. The Kier molecular flexibility index (Phi) is 6.04. The van der Waals surface area contributed by atoms with Gasteiger partial charge in [-0.1, -0.05) is 0 Å². The monoisotopic (exact) mass is 361 g/mol. The van der Waals surface area contributed by atoms with Gasteiger partial charge in [-0.3, -0.25) is 4.79 Å². The molecule has 0 unspecified atom stereocenters. The molecule has 26 heavy (non-hydrogen) atoms. The normalized spacial score (nSPS) is 25.0. The first-order valence-electron chi connectivity index (χ1n) is 9.60. The topological polar surface area (TPSA) is 76.6 Å². The molecule has 2 aliphatic rings. The summed E-state index contributed by atoms with van der Waals surface area (Å²) in [6.45, 7) is 10.5. The second-order valence-electron chi connectivity index (χ2n) is 9.27. The number of carbonyl (C=O) groups excluding carboxylic acids is 1. The summed E-state index contributed by atoms with van der Waals surface area (Å²) >= 11 is 0. The van der Waals surface area contributed by atoms with E-state index in [4.69, 9.17) is 5.73 Å². The van der Waals surface area contributed by atoms with Crippen LogP contribution in [0.4, 0.5) is 0 Å². The Bertz CT molecular complexity index is 578. The minimum atomic E-state index is -0.199. The van der Waals surface area contributed by atoms with Crippen LogP contribution in [-0.2, 0) is 4.79 Å². The van der Waals surface area contributed by atoms with E-state index in [-0.39, 0.29) is 34.6 Å². The van der Waals surface area contributed by atoms with Crippen LogP contribution in [-0.4, -0.2) is 71.0 Å². The highest BCUT2D eigenvalue weighted by Gasteiger charge is 2.43. The molecule has 0 aromatic heterocycles. The number of hydrogen-bond acceptors (Lipinski definition) is 5. The van der Waals surface area contributed by atoms with E-state index in [1.165, 1.54) is 0 Å². The van der Waals surface area contributed by atoms with Gasteiger partial charge in [0.15, 0.2) is 0 Å². The van der Waals surface area contributed by atoms with Crippen LogP contribution in [0, 0.1) is 11.3 Å². The van der Waals surface area contributed by atoms with Crippen LogP contribution in [0.25, 0.3) is 0 Å². The van der Waals surface area contributed by atoms with Crippen molar-refractivity contribution in [3.8, 4) is 6.07 Å². The van der Waals surface area contributed by atoms with Gasteiger partial charge in [0.25, 0.3) is 5.91 Å². The minimum absolute atomic E-state index is 0.132. The van der Waals surface area contributed by atoms with Gasteiger partial charge in [0.1, 0.15) is 11.6 Å². The number of hydrogen-bond donors (Lipinski definition) is 1. The number of rotatable bonds is 3. The van der Waals surface area contributed by atoms with Crippen LogP contribution in [0.3, 0.4) is 0 Å². The molecule has 0 aliphatic carbocycles. The molecule has 2 saturated heterocycles. The summed E-state index contributed by atoms with van der Waals surface area (Å²) < 4.78 is 0. The first kappa shape index (κ1) is 20.7. The molecule has 6 nitrogen and oxygen atoms in total. The van der Waals surface area contributed by atoms with Crippen LogP contribution in [0.2, 0.25) is 0 Å². The van der Waals surface area contributed by atoms with Crippen molar-refractivity contribution in [2.45, 2.75) is 76.5 Å². The minimum Gasteiger partial charge on any atom is -0.366 e. The van der Waals surface area contributed by atoms with Crippen molar-refractivity contribution >= 4 is 5.91 Å². The van der Waals surface area contributed by atoms with Gasteiger partial charge in [-0.05, 0) is 73.5 Å². The lowest BCUT2D eigenvalue weighted by atomic mass is 9.77. The Hall–Kier alpha value is -1.58. The van der Waals surface area contributed by atoms with Gasteiger partial charge in [0.05, 0.1) is 0 Å². The molecule has 2 rings (SSSR count). The Balaban J connectivity index is 2.23. The molecule has 0 spiro atoms. The number of likely N-dealkylation sites (N-methyl/N-ethyl adjacent to an activating group) is 1. The molecule has 2 aliphatic heterocycles. The third-order valence-corrected chi connectivity index (χ3v) is 5.99. The summed E-state index contributed by atoms with van der Waals surface area (Å²) in [6.07, 6.45) is 5.36. The van der Waals surface area contributed by atoms with Gasteiger partial charge in [-0.15, -0.1) is 0 Å². The highest BCUT2D eigenvalue weighted by Crippen LogP contribution is 2.38. The number of nitrogens with zero attached hydrogens (tertiary/aromatic N) is 4. The molecule has 2 N–H and O–H groups in total. The van der Waals surface area contributed by atoms with Gasteiger partial charge in [0, 0.05) is 36.4 Å². The zero-order valence-corrected chi connectivity index (χ0v) is 17.2. The van der Waals surface area contributed by atoms with Gasteiger partial charge in [-0.2, -0.15) is 5.26 Å². The molecule has 6 heteroatoms. The summed E-state index contributed by atoms with van der Waals surface area (Å²) in [4.78, 5) is 19.2. The Morgan fingerprint density at radius 3 is 2.15 bits per heavy atom. The summed E-state index contributed by atoms with van der Waals surface area (Å²) in [6, 6.07) is 2.48. The molecule has 146 valence electrons. The van der Waals surface area contributed by atoms with Gasteiger partial charge < -0.3 is 20.4 Å². The Labute approximate surface area is 158 Å². The third-order valence-electron chi connectivity index (χ3n) is 5.99. The van der Waals surface area contributed by atoms with Crippen molar-refractivity contribution in [3.63, 3.8) is 0 Å². The number of amides is 1. The number of nitrogens with two attached hydrogens (primary N) is 1. The fraction of sp³-hybridized carbons (Fsp3) is 0.800. The van der Waals surface area contributed by atoms with Crippen LogP contribution in [0.1, 0.15) is 53.4 Å². The lowest BCUT2D eigenvalue weighted by Crippen LogP contribution is -2.61. The standard InChI is InChI=1S/C20H35N5O/c1-19(2)11-16(22)12-20(3,4)25(19)14-15(13-21)18(26)24(6)17-7-9-23(5)10-8-17/h14,16-17H,7-12,22H2,1-6H3/b15-14-. The predicted octanol–water partition coefficient (Wildman–Crippen LogP) is 1.93. The number of piperidine rings is 2. The fourth-order valence-electron chi connectivity index (χ4n) is 4.72. The third kappa shape index (κ3) is 4.39. The zero-order valence-electron chi connectivity index (χ0n) is 17.2. The van der Waals surface area contributed by atoms with Crippen LogP contribution in [0.15, 0.2) is 11.8 Å².